The standard InChI is InChI=1S/C23H25NO7S/c1-14-4-10-18(11-5-14)32(27,28)31-22-19-12-20(30-15(2)25)21(22)24(23(19)26)13-16-6-8-17(29-3)9-7-16/h4-11,19-22H,12-13H2,1-3H3. The molecule has 1 aliphatic heterocycles. The molecule has 8 nitrogen and oxygen atoms in total. The first-order chi connectivity index (χ1) is 15.2. The SMILES string of the molecule is COc1ccc(CN2C(=O)C3CC(OC(C)=O)C2C3OS(=O)(=O)c2ccc(C)cc2)cc1. The smallest absolute Gasteiger partial charge is 0.302 e. The topological polar surface area (TPSA) is 99.2 Å². The summed E-state index contributed by atoms with van der Waals surface area (Å²) in [6.45, 7) is 3.39. The number of amides is 1. The lowest BCUT2D eigenvalue weighted by Crippen LogP contribution is -2.47. The van der Waals surface area contributed by atoms with Crippen LogP contribution in [-0.2, 0) is 35.2 Å². The molecule has 1 saturated heterocycles. The molecule has 170 valence electrons. The maximum atomic E-state index is 13.1. The second kappa shape index (κ2) is 8.55. The number of carbonyl (C=O) groups excluding carboxylic acids is 2. The number of nitrogens with zero attached hydrogens (tertiary/aromatic N) is 1. The van der Waals surface area contributed by atoms with E-state index in [-0.39, 0.29) is 23.8 Å². The number of aryl methyl sites for hydroxylation is 1. The van der Waals surface area contributed by atoms with Crippen LogP contribution in [0.2, 0.25) is 0 Å². The van der Waals surface area contributed by atoms with Crippen molar-refractivity contribution in [3.63, 3.8) is 0 Å². The number of esters is 1. The number of rotatable bonds is 7. The third kappa shape index (κ3) is 4.22. The van der Waals surface area contributed by atoms with Gasteiger partial charge in [0.1, 0.15) is 18.0 Å². The Morgan fingerprint density at radius 3 is 2.34 bits per heavy atom. The summed E-state index contributed by atoms with van der Waals surface area (Å²) < 4.78 is 42.0. The highest BCUT2D eigenvalue weighted by Gasteiger charge is 2.61. The Morgan fingerprint density at radius 2 is 1.75 bits per heavy atom. The number of hydrogen-bond donors (Lipinski definition) is 0. The minimum Gasteiger partial charge on any atom is -0.497 e. The van der Waals surface area contributed by atoms with E-state index in [1.165, 1.54) is 19.1 Å². The molecule has 9 heteroatoms. The third-order valence-corrected chi connectivity index (χ3v) is 7.26. The summed E-state index contributed by atoms with van der Waals surface area (Å²) in [5, 5.41) is 0. The lowest BCUT2D eigenvalue weighted by Gasteiger charge is -2.33. The van der Waals surface area contributed by atoms with Crippen LogP contribution in [0.4, 0.5) is 0 Å². The Labute approximate surface area is 187 Å². The minimum absolute atomic E-state index is 0.0209. The van der Waals surface area contributed by atoms with Gasteiger partial charge in [-0.25, -0.2) is 0 Å². The molecule has 0 spiro atoms. The van der Waals surface area contributed by atoms with Crippen molar-refractivity contribution in [2.75, 3.05) is 7.11 Å². The molecule has 1 saturated carbocycles. The molecule has 1 heterocycles. The zero-order chi connectivity index (χ0) is 23.0. The molecule has 1 aliphatic carbocycles. The first kappa shape index (κ1) is 22.3. The zero-order valence-corrected chi connectivity index (χ0v) is 18.9. The van der Waals surface area contributed by atoms with Crippen LogP contribution in [0.15, 0.2) is 53.4 Å². The van der Waals surface area contributed by atoms with Crippen LogP contribution in [0.5, 0.6) is 5.75 Å². The van der Waals surface area contributed by atoms with Crippen molar-refractivity contribution in [1.82, 2.24) is 4.90 Å². The Bertz CT molecular complexity index is 1110. The number of hydrogen-bond acceptors (Lipinski definition) is 7. The maximum absolute atomic E-state index is 13.1. The molecule has 2 aromatic rings. The molecule has 1 amide bonds. The number of ether oxygens (including phenoxy) is 2. The number of carbonyl (C=O) groups is 2. The fourth-order valence-corrected chi connectivity index (χ4v) is 5.55. The summed E-state index contributed by atoms with van der Waals surface area (Å²) in [6.07, 6.45) is -1.33. The zero-order valence-electron chi connectivity index (χ0n) is 18.1. The Kier molecular flexibility index (Phi) is 5.96. The summed E-state index contributed by atoms with van der Waals surface area (Å²) in [7, 11) is -2.54. The summed E-state index contributed by atoms with van der Waals surface area (Å²) in [5.41, 5.74) is 1.76. The molecule has 4 atom stereocenters. The van der Waals surface area contributed by atoms with E-state index in [2.05, 4.69) is 0 Å². The van der Waals surface area contributed by atoms with Gasteiger partial charge in [0.25, 0.3) is 10.1 Å². The molecule has 32 heavy (non-hydrogen) atoms. The summed E-state index contributed by atoms with van der Waals surface area (Å²) >= 11 is 0. The third-order valence-electron chi connectivity index (χ3n) is 5.94. The van der Waals surface area contributed by atoms with Gasteiger partial charge in [-0.3, -0.25) is 13.8 Å². The molecule has 0 aromatic heterocycles. The van der Waals surface area contributed by atoms with Crippen molar-refractivity contribution in [2.45, 2.75) is 50.0 Å². The molecule has 0 radical (unpaired) electrons. The van der Waals surface area contributed by atoms with Gasteiger partial charge in [0, 0.05) is 19.9 Å². The average Bonchev–Trinajstić information content (AvgIpc) is 3.19. The van der Waals surface area contributed by atoms with Crippen molar-refractivity contribution < 1.29 is 31.7 Å². The van der Waals surface area contributed by atoms with Crippen LogP contribution in [-0.4, -0.2) is 50.6 Å². The number of piperidine rings is 1. The predicted molar refractivity (Wildman–Crippen MR) is 114 cm³/mol. The first-order valence-electron chi connectivity index (χ1n) is 10.3. The molecule has 4 rings (SSSR count). The van der Waals surface area contributed by atoms with Crippen molar-refractivity contribution in [2.24, 2.45) is 5.92 Å². The van der Waals surface area contributed by atoms with Crippen molar-refractivity contribution in [3.05, 3.63) is 59.7 Å². The van der Waals surface area contributed by atoms with Gasteiger partial charge in [0.05, 0.1) is 24.0 Å². The van der Waals surface area contributed by atoms with E-state index in [1.54, 1.807) is 36.3 Å². The van der Waals surface area contributed by atoms with Gasteiger partial charge < -0.3 is 14.4 Å². The van der Waals surface area contributed by atoms with Gasteiger partial charge in [-0.05, 0) is 36.8 Å². The lowest BCUT2D eigenvalue weighted by atomic mass is 10.1. The molecule has 4 unspecified atom stereocenters. The van der Waals surface area contributed by atoms with E-state index in [1.807, 2.05) is 19.1 Å². The van der Waals surface area contributed by atoms with Crippen LogP contribution in [0.25, 0.3) is 0 Å². The van der Waals surface area contributed by atoms with Gasteiger partial charge in [-0.2, -0.15) is 8.42 Å². The van der Waals surface area contributed by atoms with Gasteiger partial charge in [-0.15, -0.1) is 0 Å². The number of methoxy groups -OCH3 is 1. The molecule has 2 aromatic carbocycles. The van der Waals surface area contributed by atoms with Gasteiger partial charge in [0.15, 0.2) is 0 Å². The average molecular weight is 460 g/mol. The van der Waals surface area contributed by atoms with Crippen LogP contribution < -0.4 is 4.74 Å². The molecular formula is C23H25NO7S. The Hall–Kier alpha value is -2.91. The van der Waals surface area contributed by atoms with E-state index in [4.69, 9.17) is 13.7 Å². The van der Waals surface area contributed by atoms with E-state index in [0.717, 1.165) is 11.1 Å². The maximum Gasteiger partial charge on any atom is 0.302 e. The summed E-state index contributed by atoms with van der Waals surface area (Å²) in [4.78, 5) is 26.3. The monoisotopic (exact) mass is 459 g/mol. The Morgan fingerprint density at radius 1 is 1.09 bits per heavy atom. The molecular weight excluding hydrogens is 434 g/mol. The van der Waals surface area contributed by atoms with Gasteiger partial charge in [0.2, 0.25) is 5.91 Å². The fraction of sp³-hybridized carbons (Fsp3) is 0.391. The summed E-state index contributed by atoms with van der Waals surface area (Å²) in [5.74, 6) is -0.716. The van der Waals surface area contributed by atoms with Crippen molar-refractivity contribution in [3.8, 4) is 5.75 Å². The van der Waals surface area contributed by atoms with Gasteiger partial charge >= 0.3 is 5.97 Å². The van der Waals surface area contributed by atoms with Crippen molar-refractivity contribution in [1.29, 1.82) is 0 Å². The normalized spacial score (nSPS) is 24.6. The molecule has 2 bridgehead atoms. The number of fused-ring (bicyclic) bond motifs is 2. The number of benzene rings is 2. The van der Waals surface area contributed by atoms with Gasteiger partial charge in [-0.1, -0.05) is 29.8 Å². The van der Waals surface area contributed by atoms with Crippen LogP contribution in [0.1, 0.15) is 24.5 Å². The van der Waals surface area contributed by atoms with Crippen LogP contribution in [0.3, 0.4) is 0 Å². The van der Waals surface area contributed by atoms with E-state index >= 15 is 0 Å². The summed E-state index contributed by atoms with van der Waals surface area (Å²) in [6, 6.07) is 12.9. The Balaban J connectivity index is 1.61. The largest absolute Gasteiger partial charge is 0.497 e. The number of likely N-dealkylation sites (tertiary alicyclic amines) is 1. The van der Waals surface area contributed by atoms with Crippen LogP contribution >= 0.6 is 0 Å². The van der Waals surface area contributed by atoms with Crippen LogP contribution in [0, 0.1) is 12.8 Å². The fourth-order valence-electron chi connectivity index (χ4n) is 4.43. The lowest BCUT2D eigenvalue weighted by molar-refractivity contribution is -0.155. The molecule has 2 fully saturated rings. The molecule has 0 N–H and O–H groups in total. The highest BCUT2D eigenvalue weighted by molar-refractivity contribution is 7.86. The quantitative estimate of drug-likeness (QED) is 0.463. The molecule has 2 aliphatic rings. The predicted octanol–water partition coefficient (Wildman–Crippen LogP) is 2.44. The highest BCUT2D eigenvalue weighted by atomic mass is 32.2. The highest BCUT2D eigenvalue weighted by Crippen LogP contribution is 2.44. The minimum atomic E-state index is -4.10. The second-order valence-corrected chi connectivity index (χ2v) is 9.70. The van der Waals surface area contributed by atoms with E-state index in [9.17, 15) is 18.0 Å². The van der Waals surface area contributed by atoms with E-state index in [0.29, 0.717) is 5.75 Å². The van der Waals surface area contributed by atoms with E-state index < -0.39 is 40.3 Å². The second-order valence-electron chi connectivity index (χ2n) is 8.12. The van der Waals surface area contributed by atoms with Crippen molar-refractivity contribution >= 4 is 22.0 Å². The first-order valence-corrected chi connectivity index (χ1v) is 11.7.